The minimum absolute atomic E-state index is 0.138. The monoisotopic (exact) mass is 328 g/mol. The van der Waals surface area contributed by atoms with Gasteiger partial charge >= 0.3 is 0 Å². The van der Waals surface area contributed by atoms with Crippen molar-refractivity contribution < 1.29 is 12.6 Å². The van der Waals surface area contributed by atoms with Gasteiger partial charge < -0.3 is 0 Å². The van der Waals surface area contributed by atoms with E-state index in [0.29, 0.717) is 0 Å². The van der Waals surface area contributed by atoms with Gasteiger partial charge in [-0.2, -0.15) is 8.42 Å². The Kier molecular flexibility index (Phi) is 3.90. The van der Waals surface area contributed by atoms with E-state index in [9.17, 15) is 8.42 Å². The van der Waals surface area contributed by atoms with Crippen LogP contribution in [0.5, 0.6) is 0 Å². The lowest BCUT2D eigenvalue weighted by Gasteiger charge is -2.04. The first-order chi connectivity index (χ1) is 6.02. The molecule has 0 radical (unpaired) electrons. The molecule has 0 saturated carbocycles. The number of rotatable bonds is 3. The molecule has 0 spiro atoms. The van der Waals surface area contributed by atoms with Crippen LogP contribution in [0.2, 0.25) is 0 Å². The first-order valence-corrected chi connectivity index (χ1v) is 6.53. The minimum Gasteiger partial charge on any atom is -0.240 e. The molecule has 0 aliphatic carbocycles. The fourth-order valence-corrected chi connectivity index (χ4v) is 2.74. The molecule has 1 rings (SSSR count). The minimum atomic E-state index is -3.65. The molecule has 1 aromatic rings. The van der Waals surface area contributed by atoms with E-state index in [1.54, 1.807) is 18.2 Å². The molecule has 0 aliphatic rings. The Labute approximate surface area is 93.5 Å². The lowest BCUT2D eigenvalue weighted by atomic mass is 10.4. The van der Waals surface area contributed by atoms with Crippen molar-refractivity contribution in [2.75, 3.05) is 0 Å². The molecule has 0 N–H and O–H groups in total. The Balaban J connectivity index is 2.96. The quantitative estimate of drug-likeness (QED) is 0.632. The predicted molar refractivity (Wildman–Crippen MR) is 56.4 cm³/mol. The number of hydrogen-bond acceptors (Lipinski definition) is 3. The summed E-state index contributed by atoms with van der Waals surface area (Å²) in [6.07, 6.45) is 0. The van der Waals surface area contributed by atoms with Crippen LogP contribution in [-0.4, -0.2) is 12.3 Å². The molecule has 0 aliphatic heterocycles. The number of halogens is 2. The van der Waals surface area contributed by atoms with Crippen LogP contribution in [0.3, 0.4) is 0 Å². The van der Waals surface area contributed by atoms with Crippen LogP contribution in [-0.2, 0) is 14.3 Å². The normalized spacial score (nSPS) is 11.9. The van der Waals surface area contributed by atoms with Crippen LogP contribution in [0.15, 0.2) is 35.2 Å². The second-order valence-electron chi connectivity index (χ2n) is 2.12. The van der Waals surface area contributed by atoms with E-state index in [4.69, 9.17) is 0 Å². The molecule has 13 heavy (non-hydrogen) atoms. The van der Waals surface area contributed by atoms with Crippen molar-refractivity contribution >= 4 is 42.0 Å². The van der Waals surface area contributed by atoms with E-state index in [1.807, 2.05) is 0 Å². The Bertz CT molecular complexity index is 361. The highest BCUT2D eigenvalue weighted by Gasteiger charge is 2.17. The number of hydrogen-bond donors (Lipinski definition) is 0. The van der Waals surface area contributed by atoms with Crippen molar-refractivity contribution in [2.24, 2.45) is 0 Å². The first-order valence-electron chi connectivity index (χ1n) is 3.29. The van der Waals surface area contributed by atoms with Crippen molar-refractivity contribution in [3.8, 4) is 0 Å². The molecule has 6 heteroatoms. The fourth-order valence-electron chi connectivity index (χ4n) is 0.738. The summed E-state index contributed by atoms with van der Waals surface area (Å²) in [4.78, 5) is 0.138. The maximum absolute atomic E-state index is 11.4. The van der Waals surface area contributed by atoms with Gasteiger partial charge in [-0.05, 0) is 44.0 Å². The standard InChI is InChI=1S/C7H6Br2O3S/c8-7(9)12-13(10,11)6-4-2-1-3-5-6/h1-5,7H. The first kappa shape index (κ1) is 11.2. The van der Waals surface area contributed by atoms with Gasteiger partial charge in [0.2, 0.25) is 0 Å². The Morgan fingerprint density at radius 1 is 1.15 bits per heavy atom. The van der Waals surface area contributed by atoms with Gasteiger partial charge in [-0.3, -0.25) is 0 Å². The van der Waals surface area contributed by atoms with Crippen LogP contribution in [0, 0.1) is 0 Å². The summed E-state index contributed by atoms with van der Waals surface area (Å²) in [6, 6.07) is 7.94. The summed E-state index contributed by atoms with van der Waals surface area (Å²) in [5, 5.41) is 0. The zero-order valence-electron chi connectivity index (χ0n) is 6.35. The van der Waals surface area contributed by atoms with E-state index < -0.39 is 14.0 Å². The molecule has 0 heterocycles. The third kappa shape index (κ3) is 3.38. The molecule has 72 valence electrons. The summed E-state index contributed by atoms with van der Waals surface area (Å²) in [5.41, 5.74) is 0. The number of alkyl halides is 2. The average Bonchev–Trinajstić information content (AvgIpc) is 2.04. The van der Waals surface area contributed by atoms with Gasteiger partial charge in [-0.15, -0.1) is 0 Å². The van der Waals surface area contributed by atoms with E-state index in [0.717, 1.165) is 0 Å². The SMILES string of the molecule is O=S(=O)(OC(Br)Br)c1ccccc1. The van der Waals surface area contributed by atoms with Crippen LogP contribution >= 0.6 is 31.9 Å². The lowest BCUT2D eigenvalue weighted by Crippen LogP contribution is -2.08. The number of benzene rings is 1. The second kappa shape index (κ2) is 4.54. The van der Waals surface area contributed by atoms with Gasteiger partial charge in [0.1, 0.15) is 0 Å². The third-order valence-corrected chi connectivity index (χ3v) is 3.40. The average molecular weight is 330 g/mol. The van der Waals surface area contributed by atoms with Crippen LogP contribution in [0.1, 0.15) is 0 Å². The Morgan fingerprint density at radius 2 is 1.69 bits per heavy atom. The van der Waals surface area contributed by atoms with Crippen molar-refractivity contribution in [3.05, 3.63) is 30.3 Å². The van der Waals surface area contributed by atoms with E-state index >= 15 is 0 Å². The second-order valence-corrected chi connectivity index (χ2v) is 6.59. The van der Waals surface area contributed by atoms with Crippen molar-refractivity contribution in [1.82, 2.24) is 0 Å². The lowest BCUT2D eigenvalue weighted by molar-refractivity contribution is 0.368. The summed E-state index contributed by atoms with van der Waals surface area (Å²) in [5.74, 6) is 0. The van der Waals surface area contributed by atoms with Crippen molar-refractivity contribution in [3.63, 3.8) is 0 Å². The molecule has 0 fully saturated rings. The summed E-state index contributed by atoms with van der Waals surface area (Å²) >= 11 is 5.85. The maximum atomic E-state index is 11.4. The summed E-state index contributed by atoms with van der Waals surface area (Å²) < 4.78 is 26.6. The third-order valence-electron chi connectivity index (χ3n) is 1.23. The van der Waals surface area contributed by atoms with Gasteiger partial charge in [0.05, 0.1) is 4.90 Å². The van der Waals surface area contributed by atoms with Gasteiger partial charge in [-0.25, -0.2) is 4.18 Å². The molecule has 0 aromatic heterocycles. The summed E-state index contributed by atoms with van der Waals surface area (Å²) in [7, 11) is -3.65. The Morgan fingerprint density at radius 3 is 2.15 bits per heavy atom. The molecular formula is C7H6Br2O3S. The zero-order valence-corrected chi connectivity index (χ0v) is 10.3. The highest BCUT2D eigenvalue weighted by molar-refractivity contribution is 9.24. The summed E-state index contributed by atoms with van der Waals surface area (Å²) in [6.45, 7) is 0. The van der Waals surface area contributed by atoms with E-state index in [2.05, 4.69) is 36.0 Å². The van der Waals surface area contributed by atoms with Crippen molar-refractivity contribution in [2.45, 2.75) is 8.82 Å². The topological polar surface area (TPSA) is 43.4 Å². The predicted octanol–water partition coefficient (Wildman–Crippen LogP) is 2.47. The van der Waals surface area contributed by atoms with Crippen molar-refractivity contribution in [1.29, 1.82) is 0 Å². The van der Waals surface area contributed by atoms with E-state index in [1.165, 1.54) is 12.1 Å². The van der Waals surface area contributed by atoms with Gasteiger partial charge in [-0.1, -0.05) is 18.2 Å². The smallest absolute Gasteiger partial charge is 0.240 e. The Hall–Kier alpha value is 0.0900. The largest absolute Gasteiger partial charge is 0.298 e. The molecule has 0 bridgehead atoms. The highest BCUT2D eigenvalue weighted by Crippen LogP contribution is 2.19. The molecule has 3 nitrogen and oxygen atoms in total. The fraction of sp³-hybridized carbons (Fsp3) is 0.143. The molecule has 1 aromatic carbocycles. The molecular weight excluding hydrogens is 324 g/mol. The maximum Gasteiger partial charge on any atom is 0.298 e. The van der Waals surface area contributed by atoms with Gasteiger partial charge in [0.25, 0.3) is 10.1 Å². The molecule has 0 amide bonds. The van der Waals surface area contributed by atoms with Crippen LogP contribution in [0.4, 0.5) is 0 Å². The zero-order chi connectivity index (χ0) is 9.90. The van der Waals surface area contributed by atoms with Crippen LogP contribution in [0.25, 0.3) is 0 Å². The highest BCUT2D eigenvalue weighted by atomic mass is 79.9. The molecule has 0 atom stereocenters. The van der Waals surface area contributed by atoms with Gasteiger partial charge in [0, 0.05) is 0 Å². The molecule has 0 saturated heterocycles. The van der Waals surface area contributed by atoms with E-state index in [-0.39, 0.29) is 4.90 Å². The van der Waals surface area contributed by atoms with Crippen LogP contribution < -0.4 is 0 Å². The molecule has 0 unspecified atom stereocenters. The van der Waals surface area contributed by atoms with Gasteiger partial charge in [0.15, 0.2) is 3.92 Å².